The van der Waals surface area contributed by atoms with E-state index in [4.69, 9.17) is 18.9 Å². The number of rotatable bonds is 11. The normalized spacial score (nSPS) is 49.0. The molecule has 0 bridgehead atoms. The fourth-order valence-electron chi connectivity index (χ4n) is 12.5. The molecule has 0 amide bonds. The Hall–Kier alpha value is -1.11. The topological polar surface area (TPSA) is 236 Å². The third kappa shape index (κ3) is 6.97. The second kappa shape index (κ2) is 15.7. The summed E-state index contributed by atoms with van der Waals surface area (Å²) in [6, 6.07) is 0. The summed E-state index contributed by atoms with van der Waals surface area (Å²) < 4.78 is 23.6. The average molecular weight is 799 g/mol. The van der Waals surface area contributed by atoms with Crippen molar-refractivity contribution in [3.05, 3.63) is 11.6 Å². The number of ether oxygens (including phenoxy) is 4. The Morgan fingerprint density at radius 3 is 1.96 bits per heavy atom. The van der Waals surface area contributed by atoms with Crippen molar-refractivity contribution in [2.45, 2.75) is 186 Å². The first-order valence-electron chi connectivity index (χ1n) is 20.9. The zero-order valence-corrected chi connectivity index (χ0v) is 34.5. The van der Waals surface area contributed by atoms with E-state index in [9.17, 15) is 50.8 Å². The Morgan fingerprint density at radius 2 is 1.38 bits per heavy atom. The predicted octanol–water partition coefficient (Wildman–Crippen LogP) is 1.33. The third-order valence-electron chi connectivity index (χ3n) is 16.5. The van der Waals surface area contributed by atoms with Gasteiger partial charge in [0.1, 0.15) is 54.6 Å². The van der Waals surface area contributed by atoms with Gasteiger partial charge in [0.25, 0.3) is 0 Å². The van der Waals surface area contributed by atoms with Crippen LogP contribution in [0.25, 0.3) is 0 Å². The summed E-state index contributed by atoms with van der Waals surface area (Å²) in [7, 11) is 0. The smallest absolute Gasteiger partial charge is 0.187 e. The van der Waals surface area contributed by atoms with E-state index in [1.807, 2.05) is 0 Å². The molecule has 2 heterocycles. The Balaban J connectivity index is 1.14. The van der Waals surface area contributed by atoms with E-state index < -0.39 is 103 Å². The molecule has 5 fully saturated rings. The van der Waals surface area contributed by atoms with E-state index >= 15 is 0 Å². The molecule has 0 aromatic rings. The Labute approximate surface area is 331 Å². The van der Waals surface area contributed by atoms with Crippen LogP contribution < -0.4 is 0 Å². The van der Waals surface area contributed by atoms with Crippen molar-refractivity contribution in [3.63, 3.8) is 0 Å². The first kappa shape index (κ1) is 44.4. The molecule has 2 aliphatic heterocycles. The molecule has 2 saturated heterocycles. The van der Waals surface area contributed by atoms with Crippen LogP contribution in [0.1, 0.15) is 107 Å². The highest BCUT2D eigenvalue weighted by molar-refractivity contribution is 5.88. The molecule has 6 rings (SSSR count). The van der Waals surface area contributed by atoms with Crippen LogP contribution in [-0.4, -0.2) is 144 Å². The molecule has 0 radical (unpaired) electrons. The maximum atomic E-state index is 14.8. The summed E-state index contributed by atoms with van der Waals surface area (Å²) in [6.07, 6.45) is -7.37. The van der Waals surface area contributed by atoms with Crippen LogP contribution in [0.5, 0.6) is 0 Å². The molecule has 19 atom stereocenters. The zero-order valence-electron chi connectivity index (χ0n) is 34.5. The van der Waals surface area contributed by atoms with Crippen LogP contribution in [0.3, 0.4) is 0 Å². The summed E-state index contributed by atoms with van der Waals surface area (Å²) >= 11 is 0. The van der Waals surface area contributed by atoms with E-state index in [1.165, 1.54) is 5.57 Å². The van der Waals surface area contributed by atoms with E-state index in [0.717, 1.165) is 19.3 Å². The number of allylic oxidation sites excluding steroid dienone is 1. The zero-order chi connectivity index (χ0) is 41.5. The molecular formula is C42H70O14. The first-order valence-corrected chi connectivity index (χ1v) is 20.9. The van der Waals surface area contributed by atoms with Crippen molar-refractivity contribution < 1.29 is 69.7 Å². The third-order valence-corrected chi connectivity index (χ3v) is 16.5. The Morgan fingerprint density at radius 1 is 0.804 bits per heavy atom. The number of aliphatic hydroxyl groups excluding tert-OH is 9. The molecule has 56 heavy (non-hydrogen) atoms. The number of hydrogen-bond donors (Lipinski definition) is 9. The molecule has 0 unspecified atom stereocenters. The van der Waals surface area contributed by atoms with Gasteiger partial charge in [0.2, 0.25) is 0 Å². The molecule has 4 aliphatic carbocycles. The van der Waals surface area contributed by atoms with Crippen molar-refractivity contribution in [2.75, 3.05) is 13.2 Å². The molecule has 322 valence electrons. The van der Waals surface area contributed by atoms with Gasteiger partial charge in [0.05, 0.1) is 31.0 Å². The van der Waals surface area contributed by atoms with Gasteiger partial charge in [0.15, 0.2) is 12.6 Å². The van der Waals surface area contributed by atoms with Crippen molar-refractivity contribution in [1.82, 2.24) is 0 Å². The molecule has 0 aromatic heterocycles. The monoisotopic (exact) mass is 798 g/mol. The minimum absolute atomic E-state index is 0.0114. The Bertz CT molecular complexity index is 1450. The number of aliphatic hydroxyl groups is 9. The van der Waals surface area contributed by atoms with Gasteiger partial charge >= 0.3 is 0 Å². The molecule has 14 nitrogen and oxygen atoms in total. The fourth-order valence-corrected chi connectivity index (χ4v) is 12.5. The van der Waals surface area contributed by atoms with Crippen molar-refractivity contribution in [2.24, 2.45) is 45.3 Å². The van der Waals surface area contributed by atoms with E-state index in [1.54, 1.807) is 13.8 Å². The van der Waals surface area contributed by atoms with E-state index in [0.29, 0.717) is 32.1 Å². The number of ketones is 1. The minimum Gasteiger partial charge on any atom is -0.394 e. The number of hydrogen-bond acceptors (Lipinski definition) is 14. The predicted molar refractivity (Wildman–Crippen MR) is 201 cm³/mol. The van der Waals surface area contributed by atoms with Gasteiger partial charge in [-0.1, -0.05) is 53.2 Å². The maximum Gasteiger partial charge on any atom is 0.187 e. The highest BCUT2D eigenvalue weighted by Gasteiger charge is 2.70. The van der Waals surface area contributed by atoms with Gasteiger partial charge < -0.3 is 64.9 Å². The lowest BCUT2D eigenvalue weighted by atomic mass is 9.38. The van der Waals surface area contributed by atoms with Crippen LogP contribution in [-0.2, 0) is 23.7 Å². The minimum atomic E-state index is -1.58. The van der Waals surface area contributed by atoms with Gasteiger partial charge in [-0.2, -0.15) is 0 Å². The number of carbonyl (C=O) groups is 1. The summed E-state index contributed by atoms with van der Waals surface area (Å²) in [5.74, 6) is 0.850. The quantitative estimate of drug-likeness (QED) is 0.134. The van der Waals surface area contributed by atoms with Crippen molar-refractivity contribution in [1.29, 1.82) is 0 Å². The van der Waals surface area contributed by atoms with Gasteiger partial charge in [-0.15, -0.1) is 0 Å². The highest BCUT2D eigenvalue weighted by Crippen LogP contribution is 2.74. The molecule has 3 saturated carbocycles. The van der Waals surface area contributed by atoms with Crippen LogP contribution in [0.15, 0.2) is 11.6 Å². The van der Waals surface area contributed by atoms with Crippen LogP contribution >= 0.6 is 0 Å². The van der Waals surface area contributed by atoms with Crippen molar-refractivity contribution in [3.8, 4) is 0 Å². The van der Waals surface area contributed by atoms with Gasteiger partial charge in [-0.05, 0) is 93.3 Å². The summed E-state index contributed by atoms with van der Waals surface area (Å²) in [6.45, 7) is 15.5. The first-order chi connectivity index (χ1) is 26.0. The summed E-state index contributed by atoms with van der Waals surface area (Å²) in [5.41, 5.74) is -1.50. The Kier molecular flexibility index (Phi) is 12.5. The van der Waals surface area contributed by atoms with E-state index in [2.05, 4.69) is 47.6 Å². The second-order valence-electron chi connectivity index (χ2n) is 20.0. The molecular weight excluding hydrogens is 728 g/mol. The lowest BCUT2D eigenvalue weighted by Crippen LogP contribution is -2.64. The molecule has 0 aromatic carbocycles. The van der Waals surface area contributed by atoms with Crippen LogP contribution in [0, 0.1) is 45.3 Å². The number of fused-ring (bicyclic) bond motifs is 5. The largest absolute Gasteiger partial charge is 0.394 e. The molecule has 6 aliphatic rings. The van der Waals surface area contributed by atoms with Gasteiger partial charge in [-0.3, -0.25) is 4.79 Å². The highest BCUT2D eigenvalue weighted by atomic mass is 16.7. The summed E-state index contributed by atoms with van der Waals surface area (Å²) in [5, 5.41) is 93.0. The molecule has 0 spiro atoms. The summed E-state index contributed by atoms with van der Waals surface area (Å²) in [4.78, 5) is 14.8. The SMILES string of the molecule is C[C@H](CC[C@@H](O)C(C)(C)O[C@@H]1O[C@H](CO)[C@@H](O)[C@H](O)[C@H]1O)[C@H]1CC[C@@]2(C)[C@@H]3CC=C4[C@@H](CC[C@H](O[C@@H]5O[C@H](CO)[C@@H](O)[C@H](O)[C@H]5O)C4(C)C)[C@]3(C)C(=O)C[C@]12C. The standard InChI is InChI=1S/C42H70O14/c1-20(9-13-27(45)39(4,5)56-37-35(52)33(50)31(48)25(19-44)54-37)21-15-16-40(6)26-12-10-22-23(42(26,8)28(46)17-41(21,40)7)11-14-29(38(22,2)3)55-36-34(51)32(49)30(47)24(18-43)53-36/h10,20-21,23-27,29-37,43-45,47-52H,9,11-19H2,1-8H3/t20-,21-,23-,24-,25-,26+,27-,29+,30-,31-,32+,33+,34-,35-,36+,37+,40+,41-,42+/m1/s1. The van der Waals surface area contributed by atoms with Gasteiger partial charge in [-0.25, -0.2) is 0 Å². The average Bonchev–Trinajstić information content (AvgIpc) is 3.41. The maximum absolute atomic E-state index is 14.8. The number of carbonyl (C=O) groups excluding carboxylic acids is 1. The van der Waals surface area contributed by atoms with E-state index in [-0.39, 0.29) is 40.3 Å². The van der Waals surface area contributed by atoms with Gasteiger partial charge in [0, 0.05) is 17.3 Å². The molecule has 14 heteroatoms. The van der Waals surface area contributed by atoms with Crippen LogP contribution in [0.4, 0.5) is 0 Å². The molecule has 9 N–H and O–H groups in total. The van der Waals surface area contributed by atoms with Crippen molar-refractivity contribution >= 4 is 5.78 Å². The number of Topliss-reactive ketones (excluding diaryl/α,β-unsaturated/α-hetero) is 1. The van der Waals surface area contributed by atoms with Crippen LogP contribution in [0.2, 0.25) is 0 Å². The lowest BCUT2D eigenvalue weighted by Gasteiger charge is -2.65. The second-order valence-corrected chi connectivity index (χ2v) is 20.0. The fraction of sp³-hybridized carbons (Fsp3) is 0.929. The lowest BCUT2D eigenvalue weighted by molar-refractivity contribution is -0.331.